The Morgan fingerprint density at radius 2 is 1.57 bits per heavy atom. The monoisotopic (exact) mass is 282 g/mol. The Hall–Kier alpha value is -1.64. The maximum atomic E-state index is 3.19. The van der Waals surface area contributed by atoms with E-state index in [0.717, 1.165) is 26.1 Å². The molecule has 0 radical (unpaired) electrons. The highest BCUT2D eigenvalue weighted by Crippen LogP contribution is 2.11. The summed E-state index contributed by atoms with van der Waals surface area (Å²) in [5.41, 5.74) is 5.48. The Labute approximate surface area is 128 Å². The molecule has 0 heterocycles. The molecule has 2 nitrogen and oxygen atoms in total. The molecule has 112 valence electrons. The van der Waals surface area contributed by atoms with Crippen molar-refractivity contribution in [3.05, 3.63) is 70.8 Å². The van der Waals surface area contributed by atoms with E-state index >= 15 is 0 Å². The highest BCUT2D eigenvalue weighted by molar-refractivity contribution is 5.24. The fraction of sp³-hybridized carbons (Fsp3) is 0.368. The van der Waals surface area contributed by atoms with Crippen LogP contribution in [0.2, 0.25) is 0 Å². The number of hydrogen-bond acceptors (Lipinski definition) is 2. The van der Waals surface area contributed by atoms with Crippen molar-refractivity contribution in [3.8, 4) is 0 Å². The van der Waals surface area contributed by atoms with E-state index in [1.807, 2.05) is 7.05 Å². The summed E-state index contributed by atoms with van der Waals surface area (Å²) >= 11 is 0. The Morgan fingerprint density at radius 3 is 2.24 bits per heavy atom. The van der Waals surface area contributed by atoms with Gasteiger partial charge in [-0.1, -0.05) is 54.1 Å². The van der Waals surface area contributed by atoms with E-state index in [4.69, 9.17) is 0 Å². The van der Waals surface area contributed by atoms with Gasteiger partial charge in [-0.15, -0.1) is 0 Å². The van der Waals surface area contributed by atoms with Crippen LogP contribution in [0.25, 0.3) is 0 Å². The van der Waals surface area contributed by atoms with Crippen molar-refractivity contribution in [1.82, 2.24) is 10.2 Å². The van der Waals surface area contributed by atoms with Crippen molar-refractivity contribution in [3.63, 3.8) is 0 Å². The van der Waals surface area contributed by atoms with Gasteiger partial charge in [-0.25, -0.2) is 0 Å². The van der Waals surface area contributed by atoms with Crippen LogP contribution in [-0.4, -0.2) is 25.5 Å². The highest BCUT2D eigenvalue weighted by atomic mass is 15.1. The van der Waals surface area contributed by atoms with Gasteiger partial charge in [-0.3, -0.25) is 4.90 Å². The lowest BCUT2D eigenvalue weighted by molar-refractivity contribution is 0.319. The number of hydrogen-bond donors (Lipinski definition) is 1. The summed E-state index contributed by atoms with van der Waals surface area (Å²) in [5, 5.41) is 3.19. The van der Waals surface area contributed by atoms with Gasteiger partial charge < -0.3 is 5.32 Å². The van der Waals surface area contributed by atoms with Gasteiger partial charge in [0, 0.05) is 13.1 Å². The van der Waals surface area contributed by atoms with E-state index in [1.54, 1.807) is 0 Å². The summed E-state index contributed by atoms with van der Waals surface area (Å²) < 4.78 is 0. The average molecular weight is 282 g/mol. The minimum absolute atomic E-state index is 0.986. The quantitative estimate of drug-likeness (QED) is 0.837. The molecule has 0 spiro atoms. The smallest absolute Gasteiger partial charge is 0.0234 e. The van der Waals surface area contributed by atoms with Gasteiger partial charge in [0.05, 0.1) is 0 Å². The standard InChI is InChI=1S/C19H26N2/c1-16-5-4-6-19(13-16)15-21(3)14-18-9-7-17(8-10-18)11-12-20-2/h4-10,13,20H,11-12,14-15H2,1-3H3. The van der Waals surface area contributed by atoms with Crippen LogP contribution >= 0.6 is 0 Å². The van der Waals surface area contributed by atoms with Gasteiger partial charge in [-0.2, -0.15) is 0 Å². The molecule has 21 heavy (non-hydrogen) atoms. The van der Waals surface area contributed by atoms with E-state index in [2.05, 4.69) is 72.7 Å². The van der Waals surface area contributed by atoms with Crippen LogP contribution in [0.4, 0.5) is 0 Å². The second kappa shape index (κ2) is 7.96. The normalized spacial score (nSPS) is 11.0. The van der Waals surface area contributed by atoms with E-state index in [0.29, 0.717) is 0 Å². The molecular formula is C19H26N2. The van der Waals surface area contributed by atoms with Crippen molar-refractivity contribution in [2.75, 3.05) is 20.6 Å². The minimum atomic E-state index is 0.986. The topological polar surface area (TPSA) is 15.3 Å². The Bertz CT molecular complexity index is 546. The summed E-state index contributed by atoms with van der Waals surface area (Å²) in [5.74, 6) is 0. The summed E-state index contributed by atoms with van der Waals surface area (Å²) in [4.78, 5) is 2.36. The van der Waals surface area contributed by atoms with E-state index in [-0.39, 0.29) is 0 Å². The molecular weight excluding hydrogens is 256 g/mol. The van der Waals surface area contributed by atoms with Gasteiger partial charge in [0.15, 0.2) is 0 Å². The molecule has 0 aliphatic heterocycles. The Morgan fingerprint density at radius 1 is 0.905 bits per heavy atom. The van der Waals surface area contributed by atoms with Crippen molar-refractivity contribution in [1.29, 1.82) is 0 Å². The lowest BCUT2D eigenvalue weighted by Crippen LogP contribution is -2.17. The molecule has 0 atom stereocenters. The molecule has 0 saturated heterocycles. The second-order valence-corrected chi connectivity index (χ2v) is 5.83. The third-order valence-electron chi connectivity index (χ3n) is 3.67. The van der Waals surface area contributed by atoms with Crippen LogP contribution in [-0.2, 0) is 19.5 Å². The molecule has 2 heteroatoms. The molecule has 0 saturated carbocycles. The molecule has 0 aromatic heterocycles. The predicted molar refractivity (Wildman–Crippen MR) is 90.4 cm³/mol. The third kappa shape index (κ3) is 5.33. The predicted octanol–water partition coefficient (Wildman–Crippen LogP) is 3.39. The molecule has 0 fully saturated rings. The van der Waals surface area contributed by atoms with Crippen LogP contribution in [0, 0.1) is 6.92 Å². The molecule has 2 aromatic carbocycles. The lowest BCUT2D eigenvalue weighted by Gasteiger charge is -2.17. The number of benzene rings is 2. The first-order valence-corrected chi connectivity index (χ1v) is 7.64. The first-order valence-electron chi connectivity index (χ1n) is 7.64. The molecule has 0 aliphatic carbocycles. The number of likely N-dealkylation sites (N-methyl/N-ethyl adjacent to an activating group) is 1. The van der Waals surface area contributed by atoms with E-state index in [1.165, 1.54) is 22.3 Å². The van der Waals surface area contributed by atoms with Crippen molar-refractivity contribution in [2.45, 2.75) is 26.4 Å². The molecule has 0 unspecified atom stereocenters. The van der Waals surface area contributed by atoms with Crippen LogP contribution in [0.5, 0.6) is 0 Å². The van der Waals surface area contributed by atoms with Crippen LogP contribution in [0.3, 0.4) is 0 Å². The van der Waals surface area contributed by atoms with Crippen molar-refractivity contribution < 1.29 is 0 Å². The SMILES string of the molecule is CNCCc1ccc(CN(C)Cc2cccc(C)c2)cc1. The van der Waals surface area contributed by atoms with Crippen LogP contribution in [0.1, 0.15) is 22.3 Å². The lowest BCUT2D eigenvalue weighted by atomic mass is 10.1. The zero-order chi connectivity index (χ0) is 15.1. The van der Waals surface area contributed by atoms with Crippen LogP contribution in [0.15, 0.2) is 48.5 Å². The summed E-state index contributed by atoms with van der Waals surface area (Å²) in [7, 11) is 4.17. The Kier molecular flexibility index (Phi) is 5.97. The fourth-order valence-electron chi connectivity index (χ4n) is 2.57. The molecule has 0 aliphatic rings. The zero-order valence-electron chi connectivity index (χ0n) is 13.4. The van der Waals surface area contributed by atoms with Crippen molar-refractivity contribution in [2.24, 2.45) is 0 Å². The largest absolute Gasteiger partial charge is 0.319 e. The molecule has 2 rings (SSSR count). The minimum Gasteiger partial charge on any atom is -0.319 e. The van der Waals surface area contributed by atoms with Gasteiger partial charge >= 0.3 is 0 Å². The van der Waals surface area contributed by atoms with Gasteiger partial charge in [0.1, 0.15) is 0 Å². The maximum Gasteiger partial charge on any atom is 0.0234 e. The van der Waals surface area contributed by atoms with Gasteiger partial charge in [0.25, 0.3) is 0 Å². The number of nitrogens with zero attached hydrogens (tertiary/aromatic N) is 1. The number of rotatable bonds is 7. The molecule has 1 N–H and O–H groups in total. The average Bonchev–Trinajstić information content (AvgIpc) is 2.46. The maximum absolute atomic E-state index is 3.19. The van der Waals surface area contributed by atoms with E-state index < -0.39 is 0 Å². The number of aryl methyl sites for hydroxylation is 1. The molecule has 2 aromatic rings. The first-order chi connectivity index (χ1) is 10.2. The first kappa shape index (κ1) is 15.7. The van der Waals surface area contributed by atoms with E-state index in [9.17, 15) is 0 Å². The second-order valence-electron chi connectivity index (χ2n) is 5.83. The highest BCUT2D eigenvalue weighted by Gasteiger charge is 2.02. The van der Waals surface area contributed by atoms with Crippen molar-refractivity contribution >= 4 is 0 Å². The summed E-state index contributed by atoms with van der Waals surface area (Å²) in [6, 6.07) is 17.7. The third-order valence-corrected chi connectivity index (χ3v) is 3.67. The molecule has 0 bridgehead atoms. The zero-order valence-corrected chi connectivity index (χ0v) is 13.4. The fourth-order valence-corrected chi connectivity index (χ4v) is 2.57. The summed E-state index contributed by atoms with van der Waals surface area (Å²) in [6.07, 6.45) is 1.09. The molecule has 0 amide bonds. The summed E-state index contributed by atoms with van der Waals surface area (Å²) in [6.45, 7) is 5.16. The van der Waals surface area contributed by atoms with Gasteiger partial charge in [0.2, 0.25) is 0 Å². The van der Waals surface area contributed by atoms with Gasteiger partial charge in [-0.05, 0) is 50.7 Å². The van der Waals surface area contributed by atoms with Crippen LogP contribution < -0.4 is 5.32 Å². The number of nitrogens with one attached hydrogen (secondary N) is 1. The Balaban J connectivity index is 1.88.